The Morgan fingerprint density at radius 1 is 1.27 bits per heavy atom. The molecule has 1 aromatic heterocycles. The number of fused-ring (bicyclic) bond motifs is 1. The van der Waals surface area contributed by atoms with Gasteiger partial charge in [-0.1, -0.05) is 26.7 Å². The van der Waals surface area contributed by atoms with Gasteiger partial charge < -0.3 is 15.0 Å². The summed E-state index contributed by atoms with van der Waals surface area (Å²) in [5.41, 5.74) is -0.0540. The number of hydrogen-bond acceptors (Lipinski definition) is 4. The lowest BCUT2D eigenvalue weighted by Crippen LogP contribution is -2.50. The van der Waals surface area contributed by atoms with Crippen molar-refractivity contribution in [2.45, 2.75) is 96.1 Å². The van der Waals surface area contributed by atoms with Crippen molar-refractivity contribution in [3.05, 3.63) is 29.1 Å². The number of methoxy groups -OCH3 is 1. The predicted molar refractivity (Wildman–Crippen MR) is 119 cm³/mol. The molecule has 0 radical (unpaired) electrons. The van der Waals surface area contributed by atoms with Gasteiger partial charge in [-0.2, -0.15) is 13.2 Å². The van der Waals surface area contributed by atoms with Gasteiger partial charge in [0.05, 0.1) is 17.1 Å². The molecule has 0 saturated heterocycles. The highest BCUT2D eigenvalue weighted by Gasteiger charge is 2.50. The van der Waals surface area contributed by atoms with Gasteiger partial charge in [0.25, 0.3) is 0 Å². The van der Waals surface area contributed by atoms with Crippen LogP contribution >= 0.6 is 0 Å². The third-order valence-corrected chi connectivity index (χ3v) is 8.19. The summed E-state index contributed by atoms with van der Waals surface area (Å²) in [6, 6.07) is 1.74. The number of alkyl halides is 3. The van der Waals surface area contributed by atoms with Crippen LogP contribution in [0.25, 0.3) is 0 Å². The maximum Gasteiger partial charge on any atom is 0.417 e. The van der Waals surface area contributed by atoms with Crippen LogP contribution in [0.1, 0.15) is 75.6 Å². The zero-order chi connectivity index (χ0) is 23.8. The van der Waals surface area contributed by atoms with Gasteiger partial charge in [-0.15, -0.1) is 0 Å². The number of rotatable bonds is 5. The van der Waals surface area contributed by atoms with Crippen molar-refractivity contribution in [1.29, 1.82) is 0 Å². The number of carbonyl (C=O) groups is 1. The summed E-state index contributed by atoms with van der Waals surface area (Å²) in [5, 5.41) is 3.80. The number of nitrogens with zero attached hydrogens (tertiary/aromatic N) is 2. The normalized spacial score (nSPS) is 30.5. The highest BCUT2D eigenvalue weighted by Crippen LogP contribution is 2.47. The van der Waals surface area contributed by atoms with Gasteiger partial charge >= 0.3 is 6.18 Å². The van der Waals surface area contributed by atoms with Crippen LogP contribution in [0, 0.1) is 11.3 Å². The zero-order valence-corrected chi connectivity index (χ0v) is 19.9. The molecular weight excluding hydrogens is 431 g/mol. The third kappa shape index (κ3) is 4.92. The van der Waals surface area contributed by atoms with Crippen LogP contribution in [-0.4, -0.2) is 47.6 Å². The van der Waals surface area contributed by atoms with Crippen molar-refractivity contribution >= 4 is 5.91 Å². The minimum Gasteiger partial charge on any atom is -0.380 e. The Labute approximate surface area is 194 Å². The number of nitrogens with one attached hydrogen (secondary N) is 1. The van der Waals surface area contributed by atoms with Crippen LogP contribution in [0.15, 0.2) is 12.3 Å². The molecule has 0 bridgehead atoms. The van der Waals surface area contributed by atoms with Crippen LogP contribution in [0.2, 0.25) is 0 Å². The van der Waals surface area contributed by atoms with Gasteiger partial charge in [0.1, 0.15) is 0 Å². The molecule has 4 rings (SSSR count). The second kappa shape index (κ2) is 9.53. The first-order chi connectivity index (χ1) is 15.6. The van der Waals surface area contributed by atoms with Crippen molar-refractivity contribution in [1.82, 2.24) is 15.2 Å². The Morgan fingerprint density at radius 2 is 2.03 bits per heavy atom. The third-order valence-electron chi connectivity index (χ3n) is 8.19. The fourth-order valence-corrected chi connectivity index (χ4v) is 6.13. The number of hydrogen-bond donors (Lipinski definition) is 1. The number of aromatic nitrogens is 1. The fourth-order valence-electron chi connectivity index (χ4n) is 6.13. The molecule has 1 amide bonds. The Balaban J connectivity index is 1.48. The lowest BCUT2D eigenvalue weighted by molar-refractivity contribution is -0.146. The van der Waals surface area contributed by atoms with E-state index in [-0.39, 0.29) is 30.5 Å². The maximum atomic E-state index is 13.8. The molecule has 0 aromatic carbocycles. The molecule has 3 aliphatic rings. The van der Waals surface area contributed by atoms with Crippen LogP contribution in [-0.2, 0) is 28.7 Å². The van der Waals surface area contributed by atoms with Crippen LogP contribution < -0.4 is 5.32 Å². The monoisotopic (exact) mass is 467 g/mol. The lowest BCUT2D eigenvalue weighted by atomic mass is 9.74. The molecule has 1 aliphatic heterocycles. The molecule has 1 aromatic rings. The van der Waals surface area contributed by atoms with E-state index in [9.17, 15) is 18.0 Å². The standard InChI is InChI=1S/C25H36F3N3O2/c1-16(2)24(10-8-19(13-24)30-21-6-4-5-7-22(21)33-3)23(32)31-11-9-20-17(15-31)12-18(14-29-20)25(26,27)28/h12,14,16,19,21-22,30H,4-11,13,15H2,1-3H3. The van der Waals surface area contributed by atoms with Crippen molar-refractivity contribution < 1.29 is 22.7 Å². The molecule has 2 fully saturated rings. The summed E-state index contributed by atoms with van der Waals surface area (Å²) in [4.78, 5) is 19.7. The molecule has 4 atom stereocenters. The highest BCUT2D eigenvalue weighted by atomic mass is 19.4. The van der Waals surface area contributed by atoms with E-state index in [0.717, 1.165) is 44.4 Å². The first-order valence-electron chi connectivity index (χ1n) is 12.3. The SMILES string of the molecule is COC1CCCCC1NC1CCC(C(=O)N2CCc3ncc(C(F)(F)F)cc3C2)(C(C)C)C1. The number of carbonyl (C=O) groups excluding carboxylic acids is 1. The molecule has 2 heterocycles. The number of halogens is 3. The Hall–Kier alpha value is -1.67. The molecule has 2 saturated carbocycles. The van der Waals surface area contributed by atoms with E-state index in [1.165, 1.54) is 12.8 Å². The van der Waals surface area contributed by atoms with E-state index in [4.69, 9.17) is 4.74 Å². The summed E-state index contributed by atoms with van der Waals surface area (Å²) in [6.45, 7) is 4.90. The van der Waals surface area contributed by atoms with Crippen molar-refractivity contribution in [3.8, 4) is 0 Å². The van der Waals surface area contributed by atoms with Crippen LogP contribution in [0.5, 0.6) is 0 Å². The van der Waals surface area contributed by atoms with E-state index in [2.05, 4.69) is 24.1 Å². The van der Waals surface area contributed by atoms with Gasteiger partial charge in [-0.25, -0.2) is 0 Å². The maximum absolute atomic E-state index is 13.8. The fraction of sp³-hybridized carbons (Fsp3) is 0.760. The molecule has 33 heavy (non-hydrogen) atoms. The quantitative estimate of drug-likeness (QED) is 0.681. The largest absolute Gasteiger partial charge is 0.417 e. The van der Waals surface area contributed by atoms with Gasteiger partial charge in [0, 0.05) is 50.6 Å². The summed E-state index contributed by atoms with van der Waals surface area (Å²) >= 11 is 0. The second-order valence-electron chi connectivity index (χ2n) is 10.4. The smallest absolute Gasteiger partial charge is 0.380 e. The number of pyridine rings is 1. The minimum atomic E-state index is -4.43. The van der Waals surface area contributed by atoms with Gasteiger partial charge in [0.2, 0.25) is 5.91 Å². The van der Waals surface area contributed by atoms with Crippen molar-refractivity contribution in [2.24, 2.45) is 11.3 Å². The second-order valence-corrected chi connectivity index (χ2v) is 10.4. The predicted octanol–water partition coefficient (Wildman–Crippen LogP) is 4.73. The first kappa shape index (κ1) is 24.5. The summed E-state index contributed by atoms with van der Waals surface area (Å²) in [7, 11) is 1.77. The van der Waals surface area contributed by atoms with Crippen LogP contribution in [0.3, 0.4) is 0 Å². The average molecular weight is 468 g/mol. The lowest BCUT2D eigenvalue weighted by Gasteiger charge is -2.40. The summed E-state index contributed by atoms with van der Waals surface area (Å²) in [6.07, 6.45) is 4.22. The van der Waals surface area contributed by atoms with Crippen molar-refractivity contribution in [3.63, 3.8) is 0 Å². The molecular formula is C25H36F3N3O2. The number of amides is 1. The Bertz CT molecular complexity index is 860. The topological polar surface area (TPSA) is 54.5 Å². The summed E-state index contributed by atoms with van der Waals surface area (Å²) in [5.74, 6) is 0.235. The van der Waals surface area contributed by atoms with E-state index >= 15 is 0 Å². The molecule has 8 heteroatoms. The molecule has 2 aliphatic carbocycles. The molecule has 4 unspecified atom stereocenters. The average Bonchev–Trinajstić information content (AvgIpc) is 3.23. The van der Waals surface area contributed by atoms with Gasteiger partial charge in [-0.3, -0.25) is 9.78 Å². The Kier molecular flexibility index (Phi) is 7.06. The van der Waals surface area contributed by atoms with Gasteiger partial charge in [-0.05, 0) is 49.7 Å². The molecule has 5 nitrogen and oxygen atoms in total. The van der Waals surface area contributed by atoms with E-state index in [0.29, 0.717) is 30.3 Å². The summed E-state index contributed by atoms with van der Waals surface area (Å²) < 4.78 is 45.2. The number of ether oxygens (including phenoxy) is 1. The molecule has 0 spiro atoms. The Morgan fingerprint density at radius 3 is 2.73 bits per heavy atom. The zero-order valence-electron chi connectivity index (χ0n) is 19.9. The van der Waals surface area contributed by atoms with E-state index in [1.807, 2.05) is 0 Å². The van der Waals surface area contributed by atoms with E-state index < -0.39 is 17.2 Å². The minimum absolute atomic E-state index is 0.0804. The van der Waals surface area contributed by atoms with Crippen LogP contribution in [0.4, 0.5) is 13.2 Å². The van der Waals surface area contributed by atoms with Gasteiger partial charge in [0.15, 0.2) is 0 Å². The molecule has 184 valence electrons. The molecule has 1 N–H and O–H groups in total. The highest BCUT2D eigenvalue weighted by molar-refractivity contribution is 5.83. The van der Waals surface area contributed by atoms with Crippen molar-refractivity contribution in [2.75, 3.05) is 13.7 Å². The van der Waals surface area contributed by atoms with E-state index in [1.54, 1.807) is 12.0 Å². The first-order valence-corrected chi connectivity index (χ1v) is 12.3.